The van der Waals surface area contributed by atoms with E-state index in [0.717, 1.165) is 37.2 Å². The number of hydrogen-bond donors (Lipinski definition) is 1. The summed E-state index contributed by atoms with van der Waals surface area (Å²) in [6.07, 6.45) is 1.99. The number of nitrogens with two attached hydrogens (primary N) is 1. The number of benzene rings is 1. The number of anilines is 1. The highest BCUT2D eigenvalue weighted by molar-refractivity contribution is 5.58. The number of hydrogen-bond acceptors (Lipinski definition) is 3. The van der Waals surface area contributed by atoms with Crippen molar-refractivity contribution >= 4 is 5.69 Å². The SMILES string of the molecule is NC1(c2ccc(F)cc2N2CCOCC2)CC1. The summed E-state index contributed by atoms with van der Waals surface area (Å²) in [5, 5.41) is 0. The third kappa shape index (κ3) is 2.03. The van der Waals surface area contributed by atoms with Crippen LogP contribution < -0.4 is 10.6 Å². The van der Waals surface area contributed by atoms with Gasteiger partial charge >= 0.3 is 0 Å². The molecule has 0 atom stereocenters. The van der Waals surface area contributed by atoms with Crippen LogP contribution in [0.2, 0.25) is 0 Å². The summed E-state index contributed by atoms with van der Waals surface area (Å²) in [5.41, 5.74) is 8.06. The van der Waals surface area contributed by atoms with E-state index in [9.17, 15) is 4.39 Å². The number of nitrogens with zero attached hydrogens (tertiary/aromatic N) is 1. The summed E-state index contributed by atoms with van der Waals surface area (Å²) in [4.78, 5) is 2.18. The number of morpholine rings is 1. The average Bonchev–Trinajstić information content (AvgIpc) is 3.09. The largest absolute Gasteiger partial charge is 0.378 e. The summed E-state index contributed by atoms with van der Waals surface area (Å²) in [6, 6.07) is 4.95. The van der Waals surface area contributed by atoms with Crippen molar-refractivity contribution in [3.8, 4) is 0 Å². The molecule has 0 bridgehead atoms. The minimum atomic E-state index is -0.221. The molecule has 0 unspecified atom stereocenters. The molecule has 0 aromatic heterocycles. The van der Waals surface area contributed by atoms with Gasteiger partial charge in [0, 0.05) is 24.3 Å². The lowest BCUT2D eigenvalue weighted by Crippen LogP contribution is -2.38. The van der Waals surface area contributed by atoms with Gasteiger partial charge in [-0.25, -0.2) is 4.39 Å². The highest BCUT2D eigenvalue weighted by atomic mass is 19.1. The van der Waals surface area contributed by atoms with Crippen molar-refractivity contribution in [2.75, 3.05) is 31.2 Å². The molecule has 2 N–H and O–H groups in total. The molecule has 2 fully saturated rings. The lowest BCUT2D eigenvalue weighted by atomic mass is 10.0. The number of rotatable bonds is 2. The highest BCUT2D eigenvalue weighted by Crippen LogP contribution is 2.46. The average molecular weight is 236 g/mol. The molecule has 1 saturated carbocycles. The maximum absolute atomic E-state index is 13.4. The van der Waals surface area contributed by atoms with Gasteiger partial charge < -0.3 is 15.4 Å². The molecule has 3 rings (SSSR count). The van der Waals surface area contributed by atoms with Gasteiger partial charge in [-0.2, -0.15) is 0 Å². The number of halogens is 1. The van der Waals surface area contributed by atoms with Crippen LogP contribution in [0.4, 0.5) is 10.1 Å². The smallest absolute Gasteiger partial charge is 0.125 e. The van der Waals surface area contributed by atoms with Crippen LogP contribution >= 0.6 is 0 Å². The van der Waals surface area contributed by atoms with Gasteiger partial charge in [-0.05, 0) is 30.5 Å². The Morgan fingerprint density at radius 1 is 1.24 bits per heavy atom. The molecular weight excluding hydrogens is 219 g/mol. The monoisotopic (exact) mass is 236 g/mol. The fourth-order valence-electron chi connectivity index (χ4n) is 2.40. The van der Waals surface area contributed by atoms with Gasteiger partial charge in [0.05, 0.1) is 13.2 Å². The van der Waals surface area contributed by atoms with Crippen molar-refractivity contribution in [2.24, 2.45) is 5.73 Å². The van der Waals surface area contributed by atoms with Crippen LogP contribution in [-0.4, -0.2) is 26.3 Å². The summed E-state index contributed by atoms with van der Waals surface area (Å²) < 4.78 is 18.7. The molecule has 2 aliphatic rings. The lowest BCUT2D eigenvalue weighted by molar-refractivity contribution is 0.122. The second-order valence-corrected chi connectivity index (χ2v) is 4.92. The van der Waals surface area contributed by atoms with Gasteiger partial charge in [0.2, 0.25) is 0 Å². The molecule has 1 saturated heterocycles. The quantitative estimate of drug-likeness (QED) is 0.848. The van der Waals surface area contributed by atoms with E-state index in [1.807, 2.05) is 6.07 Å². The van der Waals surface area contributed by atoms with E-state index < -0.39 is 0 Å². The normalized spacial score (nSPS) is 22.6. The van der Waals surface area contributed by atoms with Crippen LogP contribution in [0.5, 0.6) is 0 Å². The van der Waals surface area contributed by atoms with E-state index in [0.29, 0.717) is 13.2 Å². The molecule has 3 nitrogen and oxygen atoms in total. The minimum Gasteiger partial charge on any atom is -0.378 e. The van der Waals surface area contributed by atoms with Gasteiger partial charge in [-0.1, -0.05) is 6.07 Å². The predicted molar refractivity (Wildman–Crippen MR) is 64.5 cm³/mol. The summed E-state index contributed by atoms with van der Waals surface area (Å²) >= 11 is 0. The standard InChI is InChI=1S/C13H17FN2O/c14-10-1-2-11(13(15)3-4-13)12(9-10)16-5-7-17-8-6-16/h1-2,9H,3-8,15H2. The van der Waals surface area contributed by atoms with E-state index in [1.165, 1.54) is 6.07 Å². The van der Waals surface area contributed by atoms with Gasteiger partial charge in [0.1, 0.15) is 5.82 Å². The van der Waals surface area contributed by atoms with E-state index in [4.69, 9.17) is 10.5 Å². The van der Waals surface area contributed by atoms with Crippen LogP contribution in [0.3, 0.4) is 0 Å². The molecule has 1 aromatic carbocycles. The molecule has 17 heavy (non-hydrogen) atoms. The first-order valence-corrected chi connectivity index (χ1v) is 6.11. The van der Waals surface area contributed by atoms with Gasteiger partial charge in [-0.15, -0.1) is 0 Å². The van der Waals surface area contributed by atoms with Crippen molar-refractivity contribution in [1.82, 2.24) is 0 Å². The van der Waals surface area contributed by atoms with Crippen molar-refractivity contribution in [3.05, 3.63) is 29.6 Å². The Bertz CT molecular complexity index is 425. The Morgan fingerprint density at radius 3 is 2.59 bits per heavy atom. The van der Waals surface area contributed by atoms with Crippen molar-refractivity contribution in [2.45, 2.75) is 18.4 Å². The second kappa shape index (κ2) is 3.96. The van der Waals surface area contributed by atoms with Crippen molar-refractivity contribution in [3.63, 3.8) is 0 Å². The van der Waals surface area contributed by atoms with Crippen LogP contribution in [0.15, 0.2) is 18.2 Å². The first kappa shape index (κ1) is 11.0. The van der Waals surface area contributed by atoms with E-state index in [2.05, 4.69) is 4.90 Å². The zero-order valence-electron chi connectivity index (χ0n) is 9.79. The number of ether oxygens (including phenoxy) is 1. The van der Waals surface area contributed by atoms with E-state index >= 15 is 0 Å². The van der Waals surface area contributed by atoms with E-state index in [1.54, 1.807) is 6.07 Å². The highest BCUT2D eigenvalue weighted by Gasteiger charge is 2.42. The first-order chi connectivity index (χ1) is 8.19. The Morgan fingerprint density at radius 2 is 1.94 bits per heavy atom. The summed E-state index contributed by atoms with van der Waals surface area (Å²) in [7, 11) is 0. The van der Waals surface area contributed by atoms with Gasteiger partial charge in [-0.3, -0.25) is 0 Å². The Labute approximate surface area is 100 Å². The van der Waals surface area contributed by atoms with Crippen LogP contribution in [0.25, 0.3) is 0 Å². The second-order valence-electron chi connectivity index (χ2n) is 4.92. The summed E-state index contributed by atoms with van der Waals surface area (Å²) in [6.45, 7) is 3.03. The van der Waals surface area contributed by atoms with Gasteiger partial charge in [0.25, 0.3) is 0 Å². The van der Waals surface area contributed by atoms with Gasteiger partial charge in [0.15, 0.2) is 0 Å². The maximum atomic E-state index is 13.4. The Kier molecular flexibility index (Phi) is 2.56. The molecule has 1 aromatic rings. The molecule has 1 aliphatic heterocycles. The van der Waals surface area contributed by atoms with E-state index in [-0.39, 0.29) is 11.4 Å². The Balaban J connectivity index is 1.97. The zero-order valence-corrected chi connectivity index (χ0v) is 9.79. The third-order valence-electron chi connectivity index (χ3n) is 3.64. The molecule has 4 heteroatoms. The summed E-state index contributed by atoms with van der Waals surface area (Å²) in [5.74, 6) is -0.195. The topological polar surface area (TPSA) is 38.5 Å². The van der Waals surface area contributed by atoms with Crippen molar-refractivity contribution < 1.29 is 9.13 Å². The molecular formula is C13H17FN2O. The third-order valence-corrected chi connectivity index (χ3v) is 3.64. The molecule has 0 amide bonds. The first-order valence-electron chi connectivity index (χ1n) is 6.11. The lowest BCUT2D eigenvalue weighted by Gasteiger charge is -2.32. The predicted octanol–water partition coefficient (Wildman–Crippen LogP) is 1.61. The zero-order chi connectivity index (χ0) is 11.9. The minimum absolute atomic E-state index is 0.195. The van der Waals surface area contributed by atoms with Crippen LogP contribution in [0.1, 0.15) is 18.4 Å². The van der Waals surface area contributed by atoms with Crippen molar-refractivity contribution in [1.29, 1.82) is 0 Å². The fraction of sp³-hybridized carbons (Fsp3) is 0.538. The molecule has 0 spiro atoms. The molecule has 0 radical (unpaired) electrons. The molecule has 1 heterocycles. The molecule has 1 aliphatic carbocycles. The van der Waals surface area contributed by atoms with Crippen LogP contribution in [-0.2, 0) is 10.3 Å². The fourth-order valence-corrected chi connectivity index (χ4v) is 2.40. The maximum Gasteiger partial charge on any atom is 0.125 e. The van der Waals surface area contributed by atoms with Crippen LogP contribution in [0, 0.1) is 5.82 Å². The Hall–Kier alpha value is -1.13. The molecule has 92 valence electrons.